The molecule has 1 amide bonds. The summed E-state index contributed by atoms with van der Waals surface area (Å²) < 4.78 is 27.1. The SMILES string of the molecule is CC(c1ccccc1)N(C)CC(=O)N1CCN(C(c2ccc(F)cc2)c2ccc(F)cc2)CC1. The Balaban J connectivity index is 1.41. The molecule has 1 unspecified atom stereocenters. The van der Waals surface area contributed by atoms with Crippen LogP contribution in [0.4, 0.5) is 8.78 Å². The Morgan fingerprint density at radius 1 is 0.794 bits per heavy atom. The lowest BCUT2D eigenvalue weighted by Gasteiger charge is -2.40. The number of hydrogen-bond acceptors (Lipinski definition) is 3. The normalized spacial score (nSPS) is 15.6. The molecule has 1 atom stereocenters. The second kappa shape index (κ2) is 10.9. The number of benzene rings is 3. The molecule has 1 fully saturated rings. The molecule has 34 heavy (non-hydrogen) atoms. The van der Waals surface area contributed by atoms with Gasteiger partial charge in [0.05, 0.1) is 12.6 Å². The third kappa shape index (κ3) is 5.69. The number of amides is 1. The molecule has 0 spiro atoms. The molecule has 4 rings (SSSR count). The highest BCUT2D eigenvalue weighted by molar-refractivity contribution is 5.78. The second-order valence-electron chi connectivity index (χ2n) is 8.92. The van der Waals surface area contributed by atoms with Crippen LogP contribution in [0.1, 0.15) is 35.7 Å². The summed E-state index contributed by atoms with van der Waals surface area (Å²) in [5, 5.41) is 0. The van der Waals surface area contributed by atoms with Crippen molar-refractivity contribution in [2.75, 3.05) is 39.8 Å². The Hall–Kier alpha value is -3.09. The zero-order valence-electron chi connectivity index (χ0n) is 19.7. The van der Waals surface area contributed by atoms with E-state index < -0.39 is 0 Å². The van der Waals surface area contributed by atoms with Crippen LogP contribution in [-0.4, -0.2) is 60.4 Å². The second-order valence-corrected chi connectivity index (χ2v) is 8.92. The molecule has 0 radical (unpaired) electrons. The predicted molar refractivity (Wildman–Crippen MR) is 130 cm³/mol. The molecule has 1 saturated heterocycles. The Morgan fingerprint density at radius 2 is 1.29 bits per heavy atom. The largest absolute Gasteiger partial charge is 0.339 e. The minimum Gasteiger partial charge on any atom is -0.339 e. The average molecular weight is 464 g/mol. The topological polar surface area (TPSA) is 26.8 Å². The van der Waals surface area contributed by atoms with Gasteiger partial charge < -0.3 is 4.90 Å². The zero-order chi connectivity index (χ0) is 24.1. The monoisotopic (exact) mass is 463 g/mol. The summed E-state index contributed by atoms with van der Waals surface area (Å²) in [7, 11) is 1.98. The highest BCUT2D eigenvalue weighted by atomic mass is 19.1. The van der Waals surface area contributed by atoms with Gasteiger partial charge in [0.1, 0.15) is 11.6 Å². The molecular weight excluding hydrogens is 432 g/mol. The van der Waals surface area contributed by atoms with Gasteiger partial charge in [-0.05, 0) is 54.9 Å². The number of carbonyl (C=O) groups excluding carboxylic acids is 1. The maximum absolute atomic E-state index is 13.5. The van der Waals surface area contributed by atoms with Crippen LogP contribution < -0.4 is 0 Å². The Kier molecular flexibility index (Phi) is 7.70. The number of likely N-dealkylation sites (N-methyl/N-ethyl adjacent to an activating group) is 1. The van der Waals surface area contributed by atoms with Crippen molar-refractivity contribution in [3.63, 3.8) is 0 Å². The van der Waals surface area contributed by atoms with Gasteiger partial charge in [-0.1, -0.05) is 54.6 Å². The molecule has 0 bridgehead atoms. The summed E-state index contributed by atoms with van der Waals surface area (Å²) >= 11 is 0. The smallest absolute Gasteiger partial charge is 0.236 e. The van der Waals surface area contributed by atoms with Crippen molar-refractivity contribution in [2.45, 2.75) is 19.0 Å². The van der Waals surface area contributed by atoms with E-state index in [0.717, 1.165) is 11.1 Å². The van der Waals surface area contributed by atoms with E-state index in [0.29, 0.717) is 32.7 Å². The van der Waals surface area contributed by atoms with Gasteiger partial charge in [-0.25, -0.2) is 8.78 Å². The van der Waals surface area contributed by atoms with Crippen molar-refractivity contribution in [2.24, 2.45) is 0 Å². The van der Waals surface area contributed by atoms with Gasteiger partial charge in [-0.3, -0.25) is 14.6 Å². The number of nitrogens with zero attached hydrogens (tertiary/aromatic N) is 3. The maximum atomic E-state index is 13.5. The molecule has 1 heterocycles. The minimum absolute atomic E-state index is 0.116. The standard InChI is InChI=1S/C28H31F2N3O/c1-21(22-6-4-3-5-7-22)31(2)20-27(34)32-16-18-33(19-17-32)28(23-8-12-25(29)13-9-23)24-10-14-26(30)15-11-24/h3-15,21,28H,16-20H2,1-2H3. The van der Waals surface area contributed by atoms with E-state index in [1.54, 1.807) is 24.3 Å². The van der Waals surface area contributed by atoms with Gasteiger partial charge in [0.25, 0.3) is 0 Å². The van der Waals surface area contributed by atoms with E-state index in [2.05, 4.69) is 28.9 Å². The molecule has 3 aromatic carbocycles. The summed E-state index contributed by atoms with van der Waals surface area (Å²) in [4.78, 5) is 19.3. The van der Waals surface area contributed by atoms with Crippen LogP contribution >= 0.6 is 0 Å². The lowest BCUT2D eigenvalue weighted by atomic mass is 9.96. The molecule has 1 aliphatic rings. The third-order valence-corrected chi connectivity index (χ3v) is 6.73. The highest BCUT2D eigenvalue weighted by Crippen LogP contribution is 2.30. The van der Waals surface area contributed by atoms with Crippen molar-refractivity contribution >= 4 is 5.91 Å². The molecule has 4 nitrogen and oxygen atoms in total. The Labute approximate surface area is 200 Å². The fourth-order valence-electron chi connectivity index (χ4n) is 4.57. The molecule has 178 valence electrons. The maximum Gasteiger partial charge on any atom is 0.236 e. The lowest BCUT2D eigenvalue weighted by Crippen LogP contribution is -2.51. The van der Waals surface area contributed by atoms with Crippen LogP contribution in [0.15, 0.2) is 78.9 Å². The third-order valence-electron chi connectivity index (χ3n) is 6.73. The van der Waals surface area contributed by atoms with Crippen molar-refractivity contribution in [3.8, 4) is 0 Å². The average Bonchev–Trinajstić information content (AvgIpc) is 2.87. The van der Waals surface area contributed by atoms with Gasteiger partial charge in [-0.15, -0.1) is 0 Å². The molecule has 0 N–H and O–H groups in total. The van der Waals surface area contributed by atoms with Crippen LogP contribution in [0.5, 0.6) is 0 Å². The molecule has 1 aliphatic heterocycles. The van der Waals surface area contributed by atoms with Crippen molar-refractivity contribution in [1.29, 1.82) is 0 Å². The molecule has 0 aliphatic carbocycles. The van der Waals surface area contributed by atoms with E-state index in [4.69, 9.17) is 0 Å². The van der Waals surface area contributed by atoms with Crippen LogP contribution in [0.3, 0.4) is 0 Å². The minimum atomic E-state index is -0.286. The quantitative estimate of drug-likeness (QED) is 0.499. The number of piperazine rings is 1. The summed E-state index contributed by atoms with van der Waals surface area (Å²) in [5.41, 5.74) is 3.08. The highest BCUT2D eigenvalue weighted by Gasteiger charge is 2.29. The Bertz CT molecular complexity index is 1020. The number of hydrogen-bond donors (Lipinski definition) is 0. The van der Waals surface area contributed by atoms with E-state index in [1.807, 2.05) is 30.1 Å². The first kappa shape index (κ1) is 24.0. The van der Waals surface area contributed by atoms with Crippen molar-refractivity contribution in [1.82, 2.24) is 14.7 Å². The first-order valence-electron chi connectivity index (χ1n) is 11.7. The van der Waals surface area contributed by atoms with Gasteiger partial charge in [-0.2, -0.15) is 0 Å². The molecular formula is C28H31F2N3O. The van der Waals surface area contributed by atoms with Crippen molar-refractivity contribution < 1.29 is 13.6 Å². The van der Waals surface area contributed by atoms with Gasteiger partial charge in [0.15, 0.2) is 0 Å². The summed E-state index contributed by atoms with van der Waals surface area (Å²) in [5.74, 6) is -0.457. The summed E-state index contributed by atoms with van der Waals surface area (Å²) in [6, 6.07) is 23.1. The number of rotatable bonds is 7. The van der Waals surface area contributed by atoms with Crippen molar-refractivity contribution in [3.05, 3.63) is 107 Å². The molecule has 0 aromatic heterocycles. The first-order chi connectivity index (χ1) is 16.4. The van der Waals surface area contributed by atoms with E-state index in [1.165, 1.54) is 29.8 Å². The van der Waals surface area contributed by atoms with Crippen LogP contribution in [0.25, 0.3) is 0 Å². The first-order valence-corrected chi connectivity index (χ1v) is 11.7. The molecule has 0 saturated carbocycles. The van der Waals surface area contributed by atoms with Crippen LogP contribution in [0, 0.1) is 11.6 Å². The van der Waals surface area contributed by atoms with Gasteiger partial charge >= 0.3 is 0 Å². The van der Waals surface area contributed by atoms with E-state index in [-0.39, 0.29) is 29.6 Å². The zero-order valence-corrected chi connectivity index (χ0v) is 19.7. The number of halogens is 2. The van der Waals surface area contributed by atoms with E-state index >= 15 is 0 Å². The number of carbonyl (C=O) groups is 1. The predicted octanol–water partition coefficient (Wildman–Crippen LogP) is 4.89. The molecule has 3 aromatic rings. The van der Waals surface area contributed by atoms with Crippen LogP contribution in [0.2, 0.25) is 0 Å². The summed E-state index contributed by atoms with van der Waals surface area (Å²) in [6.07, 6.45) is 0. The fraction of sp³-hybridized carbons (Fsp3) is 0.321. The van der Waals surface area contributed by atoms with E-state index in [9.17, 15) is 13.6 Å². The lowest BCUT2D eigenvalue weighted by molar-refractivity contribution is -0.134. The summed E-state index contributed by atoms with van der Waals surface area (Å²) in [6.45, 7) is 5.06. The van der Waals surface area contributed by atoms with Gasteiger partial charge in [0, 0.05) is 32.2 Å². The molecule has 6 heteroatoms. The van der Waals surface area contributed by atoms with Crippen LogP contribution in [-0.2, 0) is 4.79 Å². The Morgan fingerprint density at radius 3 is 1.79 bits per heavy atom. The van der Waals surface area contributed by atoms with Gasteiger partial charge in [0.2, 0.25) is 5.91 Å². The fourth-order valence-corrected chi connectivity index (χ4v) is 4.57.